The third-order valence-corrected chi connectivity index (χ3v) is 1.69. The summed E-state index contributed by atoms with van der Waals surface area (Å²) in [5, 5.41) is 0. The Morgan fingerprint density at radius 1 is 1.23 bits per heavy atom. The van der Waals surface area contributed by atoms with Crippen LogP contribution in [0.4, 0.5) is 4.39 Å². The highest BCUT2D eigenvalue weighted by atomic mass is 19.1. The zero-order chi connectivity index (χ0) is 9.52. The van der Waals surface area contributed by atoms with Crippen LogP contribution in [0.1, 0.15) is 12.8 Å². The van der Waals surface area contributed by atoms with E-state index in [4.69, 9.17) is 0 Å². The molecule has 0 heterocycles. The highest BCUT2D eigenvalue weighted by molar-refractivity contribution is 5.66. The maximum Gasteiger partial charge on any atom is 0.142 e. The summed E-state index contributed by atoms with van der Waals surface area (Å²) in [5.41, 5.74) is 0.871. The molecule has 0 aliphatic heterocycles. The molecule has 0 saturated heterocycles. The number of rotatable bonds is 2. The van der Waals surface area contributed by atoms with Crippen molar-refractivity contribution in [1.82, 2.24) is 0 Å². The second kappa shape index (κ2) is 5.25. The molecular weight excluding hydrogens is 167 g/mol. The van der Waals surface area contributed by atoms with E-state index in [-0.39, 0.29) is 5.83 Å². The molecule has 13 heavy (non-hydrogen) atoms. The van der Waals surface area contributed by atoms with Gasteiger partial charge in [0.25, 0.3) is 0 Å². The molecule has 1 nitrogen and oxygen atoms in total. The molecule has 0 aromatic rings. The average Bonchev–Trinajstić information content (AvgIpc) is 2.11. The summed E-state index contributed by atoms with van der Waals surface area (Å²) in [6, 6.07) is 0. The van der Waals surface area contributed by atoms with Crippen molar-refractivity contribution >= 4 is 6.29 Å². The summed E-state index contributed by atoms with van der Waals surface area (Å²) in [5.74, 6) is -0.217. The first-order valence-corrected chi connectivity index (χ1v) is 4.18. The lowest BCUT2D eigenvalue weighted by Gasteiger charge is -1.97. The van der Waals surface area contributed by atoms with Gasteiger partial charge in [-0.1, -0.05) is 18.2 Å². The highest BCUT2D eigenvalue weighted by Gasteiger charge is 1.93. The molecule has 1 aliphatic rings. The molecule has 0 aromatic carbocycles. The van der Waals surface area contributed by atoms with E-state index < -0.39 is 0 Å². The average molecular weight is 178 g/mol. The minimum absolute atomic E-state index is 0.217. The van der Waals surface area contributed by atoms with Gasteiger partial charge < -0.3 is 0 Å². The van der Waals surface area contributed by atoms with E-state index in [2.05, 4.69) is 0 Å². The van der Waals surface area contributed by atoms with Crippen molar-refractivity contribution in [1.29, 1.82) is 0 Å². The SMILES string of the molecule is O=C/C=C/C1=CCC/C=C(F)\C=C/1. The predicted octanol–water partition coefficient (Wildman–Crippen LogP) is 2.87. The minimum atomic E-state index is -0.217. The first kappa shape index (κ1) is 9.65. The quantitative estimate of drug-likeness (QED) is 0.469. The third-order valence-electron chi connectivity index (χ3n) is 1.69. The molecular formula is C11H11FO. The Balaban J connectivity index is 2.74. The predicted molar refractivity (Wildman–Crippen MR) is 50.9 cm³/mol. The van der Waals surface area contributed by atoms with Gasteiger partial charge in [0.05, 0.1) is 0 Å². The standard InChI is InChI=1S/C11H11FO/c12-11-6-2-1-4-10(7-8-11)5-3-9-13/h3-9H,1-2H2/b5-3+,8-7-,10-4?,11-6+. The van der Waals surface area contributed by atoms with Gasteiger partial charge in [-0.05, 0) is 36.6 Å². The fraction of sp³-hybridized carbons (Fsp3) is 0.182. The fourth-order valence-corrected chi connectivity index (χ4v) is 1.06. The van der Waals surface area contributed by atoms with Gasteiger partial charge in [0.1, 0.15) is 12.1 Å². The molecule has 1 rings (SSSR count). The lowest BCUT2D eigenvalue weighted by molar-refractivity contribution is -0.104. The molecule has 0 bridgehead atoms. The summed E-state index contributed by atoms with van der Waals surface area (Å²) >= 11 is 0. The lowest BCUT2D eigenvalue weighted by Crippen LogP contribution is -1.79. The first-order valence-electron chi connectivity index (χ1n) is 4.18. The van der Waals surface area contributed by atoms with E-state index in [1.807, 2.05) is 6.08 Å². The smallest absolute Gasteiger partial charge is 0.142 e. The van der Waals surface area contributed by atoms with E-state index in [0.29, 0.717) is 12.7 Å². The van der Waals surface area contributed by atoms with Crippen LogP contribution in [0.15, 0.2) is 47.9 Å². The Morgan fingerprint density at radius 2 is 2.00 bits per heavy atom. The number of hydrogen-bond acceptors (Lipinski definition) is 1. The molecule has 0 saturated carbocycles. The number of carbonyl (C=O) groups is 1. The molecule has 0 unspecified atom stereocenters. The molecule has 1 aliphatic carbocycles. The first-order chi connectivity index (χ1) is 6.33. The molecule has 0 atom stereocenters. The number of aldehydes is 1. The molecule has 0 N–H and O–H groups in total. The van der Waals surface area contributed by atoms with Crippen LogP contribution in [0.25, 0.3) is 0 Å². The van der Waals surface area contributed by atoms with Gasteiger partial charge >= 0.3 is 0 Å². The number of halogens is 1. The normalized spacial score (nSPS) is 24.1. The van der Waals surface area contributed by atoms with Gasteiger partial charge in [0, 0.05) is 0 Å². The van der Waals surface area contributed by atoms with Gasteiger partial charge in [0.15, 0.2) is 0 Å². The van der Waals surface area contributed by atoms with E-state index in [0.717, 1.165) is 12.0 Å². The van der Waals surface area contributed by atoms with Crippen LogP contribution < -0.4 is 0 Å². The van der Waals surface area contributed by atoms with Crippen LogP contribution in [0.5, 0.6) is 0 Å². The summed E-state index contributed by atoms with van der Waals surface area (Å²) in [7, 11) is 0. The van der Waals surface area contributed by atoms with E-state index in [1.165, 1.54) is 12.2 Å². The molecule has 0 fully saturated rings. The molecule has 0 aromatic heterocycles. The van der Waals surface area contributed by atoms with Crippen molar-refractivity contribution in [3.05, 3.63) is 47.9 Å². The van der Waals surface area contributed by atoms with Crippen molar-refractivity contribution in [3.63, 3.8) is 0 Å². The van der Waals surface area contributed by atoms with Crippen molar-refractivity contribution in [3.8, 4) is 0 Å². The second-order valence-corrected chi connectivity index (χ2v) is 2.70. The second-order valence-electron chi connectivity index (χ2n) is 2.70. The van der Waals surface area contributed by atoms with E-state index in [9.17, 15) is 9.18 Å². The van der Waals surface area contributed by atoms with Gasteiger partial charge in [0.2, 0.25) is 0 Å². The molecule has 2 heteroatoms. The maximum absolute atomic E-state index is 12.8. The Labute approximate surface area is 77.0 Å². The molecule has 0 spiro atoms. The van der Waals surface area contributed by atoms with Gasteiger partial charge in [-0.2, -0.15) is 0 Å². The summed E-state index contributed by atoms with van der Waals surface area (Å²) in [6.07, 6.45) is 11.9. The van der Waals surface area contributed by atoms with Gasteiger partial charge in [-0.3, -0.25) is 4.79 Å². The largest absolute Gasteiger partial charge is 0.299 e. The fourth-order valence-electron chi connectivity index (χ4n) is 1.06. The number of allylic oxidation sites excluding steroid dienone is 8. The Morgan fingerprint density at radius 3 is 2.77 bits per heavy atom. The van der Waals surface area contributed by atoms with Crippen LogP contribution in [-0.4, -0.2) is 6.29 Å². The monoisotopic (exact) mass is 178 g/mol. The zero-order valence-corrected chi connectivity index (χ0v) is 7.24. The summed E-state index contributed by atoms with van der Waals surface area (Å²) < 4.78 is 12.8. The maximum atomic E-state index is 12.8. The third kappa shape index (κ3) is 3.65. The Hall–Kier alpha value is -1.44. The molecule has 0 amide bonds. The van der Waals surface area contributed by atoms with Gasteiger partial charge in [-0.15, -0.1) is 0 Å². The molecule has 68 valence electrons. The number of hydrogen-bond donors (Lipinski definition) is 0. The summed E-state index contributed by atoms with van der Waals surface area (Å²) in [6.45, 7) is 0. The number of carbonyl (C=O) groups excluding carboxylic acids is 1. The minimum Gasteiger partial charge on any atom is -0.299 e. The highest BCUT2D eigenvalue weighted by Crippen LogP contribution is 2.12. The van der Waals surface area contributed by atoms with Crippen LogP contribution in [0.2, 0.25) is 0 Å². The van der Waals surface area contributed by atoms with Crippen molar-refractivity contribution in [2.45, 2.75) is 12.8 Å². The Bertz CT molecular complexity index is 295. The van der Waals surface area contributed by atoms with Gasteiger partial charge in [-0.25, -0.2) is 4.39 Å². The van der Waals surface area contributed by atoms with Crippen molar-refractivity contribution < 1.29 is 9.18 Å². The topological polar surface area (TPSA) is 17.1 Å². The van der Waals surface area contributed by atoms with Crippen LogP contribution in [0, 0.1) is 0 Å². The lowest BCUT2D eigenvalue weighted by atomic mass is 10.1. The van der Waals surface area contributed by atoms with Crippen LogP contribution in [0.3, 0.4) is 0 Å². The van der Waals surface area contributed by atoms with Crippen molar-refractivity contribution in [2.75, 3.05) is 0 Å². The van der Waals surface area contributed by atoms with E-state index in [1.54, 1.807) is 18.2 Å². The van der Waals surface area contributed by atoms with Crippen LogP contribution >= 0.6 is 0 Å². The zero-order valence-electron chi connectivity index (χ0n) is 7.24. The van der Waals surface area contributed by atoms with Crippen LogP contribution in [-0.2, 0) is 4.79 Å². The summed E-state index contributed by atoms with van der Waals surface area (Å²) in [4.78, 5) is 10.0. The molecule has 0 radical (unpaired) electrons. The Kier molecular flexibility index (Phi) is 3.89. The van der Waals surface area contributed by atoms with Crippen molar-refractivity contribution in [2.24, 2.45) is 0 Å². The van der Waals surface area contributed by atoms with E-state index >= 15 is 0 Å².